The predicted molar refractivity (Wildman–Crippen MR) is 62.0 cm³/mol. The van der Waals surface area contributed by atoms with Crippen molar-refractivity contribution in [2.75, 3.05) is 0 Å². The van der Waals surface area contributed by atoms with Crippen molar-refractivity contribution in [1.29, 1.82) is 0 Å². The predicted octanol–water partition coefficient (Wildman–Crippen LogP) is 5.03. The van der Waals surface area contributed by atoms with Crippen LogP contribution in [0.4, 0.5) is 0 Å². The third-order valence-corrected chi connectivity index (χ3v) is 2.96. The fraction of sp³-hybridized carbons (Fsp3) is 1.00. The minimum absolute atomic E-state index is 0.957. The minimum Gasteiger partial charge on any atom is -0.0654 e. The monoisotopic (exact) mass is 184 g/mol. The largest absolute Gasteiger partial charge is 0.0654 e. The quantitative estimate of drug-likeness (QED) is 0.496. The molecule has 0 radical (unpaired) electrons. The zero-order valence-corrected chi connectivity index (χ0v) is 10.1. The van der Waals surface area contributed by atoms with Gasteiger partial charge in [-0.1, -0.05) is 72.6 Å². The van der Waals surface area contributed by atoms with E-state index in [1.165, 1.54) is 44.9 Å². The lowest BCUT2D eigenvalue weighted by atomic mass is 9.94. The summed E-state index contributed by atoms with van der Waals surface area (Å²) in [6.45, 7) is 9.37. The first-order valence-corrected chi connectivity index (χ1v) is 6.20. The maximum Gasteiger partial charge on any atom is -0.0443 e. The zero-order chi connectivity index (χ0) is 10.1. The topological polar surface area (TPSA) is 0 Å². The summed E-state index contributed by atoms with van der Waals surface area (Å²) in [7, 11) is 0. The first-order valence-electron chi connectivity index (χ1n) is 6.20. The van der Waals surface area contributed by atoms with Crippen LogP contribution in [0.5, 0.6) is 0 Å². The summed E-state index contributed by atoms with van der Waals surface area (Å²) < 4.78 is 0. The van der Waals surface area contributed by atoms with E-state index in [4.69, 9.17) is 0 Å². The van der Waals surface area contributed by atoms with Crippen LogP contribution in [-0.2, 0) is 0 Å². The van der Waals surface area contributed by atoms with Crippen molar-refractivity contribution >= 4 is 0 Å². The van der Waals surface area contributed by atoms with Crippen LogP contribution in [0.1, 0.15) is 72.6 Å². The third-order valence-electron chi connectivity index (χ3n) is 2.96. The molecule has 1 unspecified atom stereocenters. The summed E-state index contributed by atoms with van der Waals surface area (Å²) in [5.41, 5.74) is 0. The molecule has 0 aliphatic rings. The molecule has 0 heterocycles. The van der Waals surface area contributed by atoms with Gasteiger partial charge in [0.05, 0.1) is 0 Å². The van der Waals surface area contributed by atoms with E-state index in [2.05, 4.69) is 27.7 Å². The van der Waals surface area contributed by atoms with E-state index in [0.29, 0.717) is 0 Å². The van der Waals surface area contributed by atoms with Gasteiger partial charge >= 0.3 is 0 Å². The SMILES string of the molecule is CCCC(C)CCC[C@H](C)CCC. The molecule has 0 N–H and O–H groups in total. The Hall–Kier alpha value is 0. The maximum absolute atomic E-state index is 2.40. The van der Waals surface area contributed by atoms with Crippen LogP contribution in [0.15, 0.2) is 0 Å². The highest BCUT2D eigenvalue weighted by atomic mass is 14.1. The molecule has 0 amide bonds. The molecule has 0 aromatic rings. The van der Waals surface area contributed by atoms with Gasteiger partial charge in [-0.2, -0.15) is 0 Å². The molecule has 0 nitrogen and oxygen atoms in total. The van der Waals surface area contributed by atoms with Crippen LogP contribution >= 0.6 is 0 Å². The van der Waals surface area contributed by atoms with Crippen molar-refractivity contribution in [3.63, 3.8) is 0 Å². The standard InChI is InChI=1S/C13H28/c1-5-8-12(3)10-7-11-13(4)9-6-2/h12-13H,5-11H2,1-4H3/t12-,13?/m1/s1. The number of rotatable bonds is 8. The van der Waals surface area contributed by atoms with Gasteiger partial charge in [-0.05, 0) is 11.8 Å². The van der Waals surface area contributed by atoms with Crippen LogP contribution < -0.4 is 0 Å². The van der Waals surface area contributed by atoms with Gasteiger partial charge in [0.1, 0.15) is 0 Å². The van der Waals surface area contributed by atoms with Gasteiger partial charge < -0.3 is 0 Å². The van der Waals surface area contributed by atoms with E-state index in [0.717, 1.165) is 11.8 Å². The van der Waals surface area contributed by atoms with Crippen molar-refractivity contribution in [1.82, 2.24) is 0 Å². The van der Waals surface area contributed by atoms with E-state index < -0.39 is 0 Å². The summed E-state index contributed by atoms with van der Waals surface area (Å²) in [4.78, 5) is 0. The lowest BCUT2D eigenvalue weighted by molar-refractivity contribution is 0.407. The number of hydrogen-bond acceptors (Lipinski definition) is 0. The summed E-state index contributed by atoms with van der Waals surface area (Å²) >= 11 is 0. The lowest BCUT2D eigenvalue weighted by Crippen LogP contribution is -1.98. The molecule has 2 atom stereocenters. The Labute approximate surface area is 85.1 Å². The second-order valence-electron chi connectivity index (χ2n) is 4.72. The Morgan fingerprint density at radius 1 is 0.692 bits per heavy atom. The average Bonchev–Trinajstić information content (AvgIpc) is 2.05. The molecule has 0 heteroatoms. The zero-order valence-electron chi connectivity index (χ0n) is 10.1. The van der Waals surface area contributed by atoms with Crippen LogP contribution in [-0.4, -0.2) is 0 Å². The Morgan fingerprint density at radius 2 is 1.08 bits per heavy atom. The van der Waals surface area contributed by atoms with Crippen molar-refractivity contribution in [3.8, 4) is 0 Å². The van der Waals surface area contributed by atoms with E-state index in [1.54, 1.807) is 0 Å². The summed E-state index contributed by atoms with van der Waals surface area (Å²) in [5, 5.41) is 0. The van der Waals surface area contributed by atoms with Gasteiger partial charge in [-0.3, -0.25) is 0 Å². The fourth-order valence-electron chi connectivity index (χ4n) is 2.09. The van der Waals surface area contributed by atoms with E-state index >= 15 is 0 Å². The van der Waals surface area contributed by atoms with Crippen LogP contribution in [0.25, 0.3) is 0 Å². The maximum atomic E-state index is 2.40. The van der Waals surface area contributed by atoms with Crippen molar-refractivity contribution in [2.24, 2.45) is 11.8 Å². The highest BCUT2D eigenvalue weighted by molar-refractivity contribution is 4.56. The van der Waals surface area contributed by atoms with Crippen molar-refractivity contribution < 1.29 is 0 Å². The van der Waals surface area contributed by atoms with Gasteiger partial charge in [-0.15, -0.1) is 0 Å². The minimum atomic E-state index is 0.957. The van der Waals surface area contributed by atoms with Crippen LogP contribution in [0, 0.1) is 11.8 Å². The van der Waals surface area contributed by atoms with Gasteiger partial charge in [0, 0.05) is 0 Å². The normalized spacial score (nSPS) is 15.7. The van der Waals surface area contributed by atoms with Crippen molar-refractivity contribution in [2.45, 2.75) is 72.6 Å². The smallest absolute Gasteiger partial charge is 0.0443 e. The van der Waals surface area contributed by atoms with Gasteiger partial charge in [0.15, 0.2) is 0 Å². The second-order valence-corrected chi connectivity index (χ2v) is 4.72. The third kappa shape index (κ3) is 8.33. The molecular formula is C13H28. The van der Waals surface area contributed by atoms with Gasteiger partial charge in [-0.25, -0.2) is 0 Å². The molecule has 0 rings (SSSR count). The average molecular weight is 184 g/mol. The van der Waals surface area contributed by atoms with Gasteiger partial charge in [0.25, 0.3) is 0 Å². The highest BCUT2D eigenvalue weighted by Crippen LogP contribution is 2.18. The summed E-state index contributed by atoms with van der Waals surface area (Å²) in [6.07, 6.45) is 9.88. The second kappa shape index (κ2) is 8.59. The van der Waals surface area contributed by atoms with E-state index in [9.17, 15) is 0 Å². The summed E-state index contributed by atoms with van der Waals surface area (Å²) in [6, 6.07) is 0. The van der Waals surface area contributed by atoms with E-state index in [-0.39, 0.29) is 0 Å². The first kappa shape index (κ1) is 13.0. The molecule has 0 aliphatic carbocycles. The van der Waals surface area contributed by atoms with Gasteiger partial charge in [0.2, 0.25) is 0 Å². The Balaban J connectivity index is 3.23. The number of hydrogen-bond donors (Lipinski definition) is 0. The Bertz CT molecular complexity index is 84.2. The molecule has 0 saturated heterocycles. The van der Waals surface area contributed by atoms with Crippen molar-refractivity contribution in [3.05, 3.63) is 0 Å². The summed E-state index contributed by atoms with van der Waals surface area (Å²) in [5.74, 6) is 1.91. The first-order chi connectivity index (χ1) is 6.20. The molecule has 0 bridgehead atoms. The highest BCUT2D eigenvalue weighted by Gasteiger charge is 2.03. The molecule has 0 spiro atoms. The fourth-order valence-corrected chi connectivity index (χ4v) is 2.09. The Kier molecular flexibility index (Phi) is 8.59. The van der Waals surface area contributed by atoms with Crippen LogP contribution in [0.3, 0.4) is 0 Å². The van der Waals surface area contributed by atoms with Crippen LogP contribution in [0.2, 0.25) is 0 Å². The molecule has 13 heavy (non-hydrogen) atoms. The Morgan fingerprint density at radius 3 is 1.38 bits per heavy atom. The lowest BCUT2D eigenvalue weighted by Gasteiger charge is -2.12. The molecule has 0 aliphatic heterocycles. The molecule has 0 saturated carbocycles. The molecule has 0 aromatic heterocycles. The van der Waals surface area contributed by atoms with E-state index in [1.807, 2.05) is 0 Å². The molecule has 80 valence electrons. The molecule has 0 fully saturated rings. The molecule has 0 aromatic carbocycles. The molecular weight excluding hydrogens is 156 g/mol.